The van der Waals surface area contributed by atoms with Gasteiger partial charge in [-0.3, -0.25) is 4.79 Å². The fraction of sp³-hybridized carbons (Fsp3) is 0.273. The lowest BCUT2D eigenvalue weighted by molar-refractivity contribution is -0.148. The molecule has 1 heterocycles. The molecule has 0 radical (unpaired) electrons. The van der Waals surface area contributed by atoms with Crippen molar-refractivity contribution in [2.75, 3.05) is 27.4 Å². The summed E-state index contributed by atoms with van der Waals surface area (Å²) in [4.78, 5) is 26.0. The van der Waals surface area contributed by atoms with Gasteiger partial charge in [0.25, 0.3) is 5.91 Å². The molecule has 0 aromatic heterocycles. The number of halogens is 1. The zero-order chi connectivity index (χ0) is 20.8. The molecule has 152 valence electrons. The van der Waals surface area contributed by atoms with Crippen molar-refractivity contribution < 1.29 is 23.8 Å². The molecule has 0 N–H and O–H groups in total. The second-order valence-electron chi connectivity index (χ2n) is 6.50. The Kier molecular flexibility index (Phi) is 6.77. The Morgan fingerprint density at radius 3 is 2.48 bits per heavy atom. The number of ether oxygens (including phenoxy) is 3. The van der Waals surface area contributed by atoms with Crippen LogP contribution in [0, 0.1) is 0 Å². The van der Waals surface area contributed by atoms with E-state index in [9.17, 15) is 9.59 Å². The van der Waals surface area contributed by atoms with Gasteiger partial charge in [0.2, 0.25) is 0 Å². The highest BCUT2D eigenvalue weighted by atomic mass is 35.5. The predicted octanol–water partition coefficient (Wildman–Crippen LogP) is 3.50. The number of methoxy groups -OCH3 is 2. The summed E-state index contributed by atoms with van der Waals surface area (Å²) in [6.45, 7) is 0.671. The van der Waals surface area contributed by atoms with Crippen molar-refractivity contribution in [2.45, 2.75) is 13.0 Å². The molecule has 7 heteroatoms. The Labute approximate surface area is 174 Å². The number of fused-ring (bicyclic) bond motifs is 1. The summed E-state index contributed by atoms with van der Waals surface area (Å²) in [6.07, 6.45) is 3.52. The second kappa shape index (κ2) is 9.47. The van der Waals surface area contributed by atoms with Crippen molar-refractivity contribution in [3.8, 4) is 11.5 Å². The summed E-state index contributed by atoms with van der Waals surface area (Å²) in [6, 6.07) is 11.0. The van der Waals surface area contributed by atoms with Crippen LogP contribution < -0.4 is 9.47 Å². The number of benzene rings is 2. The number of nitrogens with zero attached hydrogens (tertiary/aromatic N) is 1. The number of hydrogen-bond donors (Lipinski definition) is 0. The summed E-state index contributed by atoms with van der Waals surface area (Å²) < 4.78 is 15.7. The monoisotopic (exact) mass is 415 g/mol. The van der Waals surface area contributed by atoms with E-state index in [-0.39, 0.29) is 12.5 Å². The van der Waals surface area contributed by atoms with Crippen molar-refractivity contribution in [1.29, 1.82) is 0 Å². The molecule has 1 amide bonds. The van der Waals surface area contributed by atoms with Crippen LogP contribution in [0.2, 0.25) is 5.02 Å². The lowest BCUT2D eigenvalue weighted by Gasteiger charge is -2.29. The third-order valence-electron chi connectivity index (χ3n) is 4.71. The van der Waals surface area contributed by atoms with Crippen LogP contribution in [-0.2, 0) is 27.3 Å². The summed E-state index contributed by atoms with van der Waals surface area (Å²) in [7, 11) is 3.17. The second-order valence-corrected chi connectivity index (χ2v) is 6.91. The highest BCUT2D eigenvalue weighted by Gasteiger charge is 2.23. The number of hydrogen-bond acceptors (Lipinski definition) is 5. The molecule has 0 bridgehead atoms. The summed E-state index contributed by atoms with van der Waals surface area (Å²) in [5.41, 5.74) is 2.81. The average Bonchev–Trinajstić information content (AvgIpc) is 2.75. The first-order valence-electron chi connectivity index (χ1n) is 9.12. The molecule has 0 atom stereocenters. The predicted molar refractivity (Wildman–Crippen MR) is 110 cm³/mol. The highest BCUT2D eigenvalue weighted by Crippen LogP contribution is 2.33. The van der Waals surface area contributed by atoms with Crippen LogP contribution in [0.25, 0.3) is 6.08 Å². The topological polar surface area (TPSA) is 65.1 Å². The van der Waals surface area contributed by atoms with Gasteiger partial charge in [0, 0.05) is 24.2 Å². The molecule has 0 fully saturated rings. The van der Waals surface area contributed by atoms with E-state index in [0.717, 1.165) is 11.1 Å². The van der Waals surface area contributed by atoms with E-state index in [1.165, 1.54) is 6.08 Å². The van der Waals surface area contributed by atoms with E-state index < -0.39 is 5.97 Å². The number of carbonyl (C=O) groups excluding carboxylic acids is 2. The highest BCUT2D eigenvalue weighted by molar-refractivity contribution is 6.32. The van der Waals surface area contributed by atoms with E-state index in [1.54, 1.807) is 43.4 Å². The Morgan fingerprint density at radius 2 is 1.79 bits per heavy atom. The zero-order valence-corrected chi connectivity index (χ0v) is 17.1. The fourth-order valence-electron chi connectivity index (χ4n) is 3.14. The first-order chi connectivity index (χ1) is 14.0. The number of amides is 1. The fourth-order valence-corrected chi connectivity index (χ4v) is 3.34. The first kappa shape index (κ1) is 20.7. The average molecular weight is 416 g/mol. The molecule has 0 saturated carbocycles. The largest absolute Gasteiger partial charge is 0.493 e. The number of carbonyl (C=O) groups is 2. The number of rotatable bonds is 6. The van der Waals surface area contributed by atoms with Gasteiger partial charge >= 0.3 is 5.97 Å². The van der Waals surface area contributed by atoms with Gasteiger partial charge in [-0.1, -0.05) is 29.8 Å². The molecule has 29 heavy (non-hydrogen) atoms. The van der Waals surface area contributed by atoms with Crippen molar-refractivity contribution in [1.82, 2.24) is 4.90 Å². The van der Waals surface area contributed by atoms with Crippen LogP contribution in [0.5, 0.6) is 11.5 Å². The van der Waals surface area contributed by atoms with E-state index in [0.29, 0.717) is 41.6 Å². The van der Waals surface area contributed by atoms with Gasteiger partial charge in [-0.2, -0.15) is 0 Å². The van der Waals surface area contributed by atoms with Crippen LogP contribution >= 0.6 is 11.6 Å². The number of esters is 1. The van der Waals surface area contributed by atoms with Crippen molar-refractivity contribution >= 4 is 29.6 Å². The molecule has 2 aromatic carbocycles. The maximum absolute atomic E-state index is 12.5. The standard InChI is InChI=1S/C22H22ClNO5/c1-27-19-11-16-9-10-24(13-17(16)12-20(19)28-2)21(25)14-29-22(26)8-7-15-5-3-4-6-18(15)23/h3-8,11-12H,9-10,13-14H2,1-2H3/b8-7+. The van der Waals surface area contributed by atoms with Gasteiger partial charge in [0.05, 0.1) is 14.2 Å². The van der Waals surface area contributed by atoms with E-state index in [1.807, 2.05) is 18.2 Å². The van der Waals surface area contributed by atoms with Crippen molar-refractivity contribution in [2.24, 2.45) is 0 Å². The SMILES string of the molecule is COc1cc2c(cc1OC)CN(C(=O)COC(=O)/C=C/c1ccccc1Cl)CC2. The molecule has 0 unspecified atom stereocenters. The quantitative estimate of drug-likeness (QED) is 0.533. The normalized spacial score (nSPS) is 13.1. The Hall–Kier alpha value is -2.99. The molecular weight excluding hydrogens is 394 g/mol. The molecular formula is C22H22ClNO5. The molecule has 1 aliphatic heterocycles. The van der Waals surface area contributed by atoms with Gasteiger partial charge in [-0.15, -0.1) is 0 Å². The van der Waals surface area contributed by atoms with Crippen LogP contribution in [-0.4, -0.2) is 44.1 Å². The Bertz CT molecular complexity index is 941. The third kappa shape index (κ3) is 5.09. The molecule has 0 aliphatic carbocycles. The molecule has 0 saturated heterocycles. The molecule has 2 aromatic rings. The third-order valence-corrected chi connectivity index (χ3v) is 5.06. The maximum atomic E-state index is 12.5. The molecule has 1 aliphatic rings. The van der Waals surface area contributed by atoms with E-state index in [4.69, 9.17) is 25.8 Å². The lowest BCUT2D eigenvalue weighted by atomic mass is 9.99. The lowest BCUT2D eigenvalue weighted by Crippen LogP contribution is -2.38. The van der Waals surface area contributed by atoms with E-state index >= 15 is 0 Å². The van der Waals surface area contributed by atoms with Crippen LogP contribution in [0.1, 0.15) is 16.7 Å². The Balaban J connectivity index is 1.57. The van der Waals surface area contributed by atoms with Crippen molar-refractivity contribution in [3.63, 3.8) is 0 Å². The molecule has 6 nitrogen and oxygen atoms in total. The molecule has 3 rings (SSSR count). The first-order valence-corrected chi connectivity index (χ1v) is 9.50. The van der Waals surface area contributed by atoms with Crippen LogP contribution in [0.3, 0.4) is 0 Å². The van der Waals surface area contributed by atoms with E-state index in [2.05, 4.69) is 0 Å². The van der Waals surface area contributed by atoms with Crippen LogP contribution in [0.15, 0.2) is 42.5 Å². The van der Waals surface area contributed by atoms with Crippen LogP contribution in [0.4, 0.5) is 0 Å². The van der Waals surface area contributed by atoms with Gasteiger partial charge in [0.1, 0.15) is 0 Å². The van der Waals surface area contributed by atoms with Gasteiger partial charge in [-0.25, -0.2) is 4.79 Å². The smallest absolute Gasteiger partial charge is 0.331 e. The van der Waals surface area contributed by atoms with Gasteiger partial charge in [-0.05, 0) is 47.4 Å². The maximum Gasteiger partial charge on any atom is 0.331 e. The van der Waals surface area contributed by atoms with Crippen molar-refractivity contribution in [3.05, 3.63) is 64.2 Å². The summed E-state index contributed by atoms with van der Waals surface area (Å²) in [5.74, 6) is 0.453. The summed E-state index contributed by atoms with van der Waals surface area (Å²) >= 11 is 6.04. The Morgan fingerprint density at radius 1 is 1.10 bits per heavy atom. The minimum absolute atomic E-state index is 0.245. The summed E-state index contributed by atoms with van der Waals surface area (Å²) in [5, 5.41) is 0.534. The molecule has 0 spiro atoms. The van der Waals surface area contributed by atoms with Gasteiger partial charge in [0.15, 0.2) is 18.1 Å². The minimum atomic E-state index is -0.595. The zero-order valence-electron chi connectivity index (χ0n) is 16.3. The van der Waals surface area contributed by atoms with Gasteiger partial charge < -0.3 is 19.1 Å². The minimum Gasteiger partial charge on any atom is -0.493 e.